The molecular weight excluding hydrogens is 354 g/mol. The SMILES string of the molecule is O=C(NO)c1ccc2c(c1)CC[C@]1(CCN(c3ccc(F)c(F)c3)C1=O)C2. The van der Waals surface area contributed by atoms with Crippen molar-refractivity contribution in [3.8, 4) is 0 Å². The van der Waals surface area contributed by atoms with Crippen LogP contribution in [0.5, 0.6) is 0 Å². The molecule has 1 saturated heterocycles. The second kappa shape index (κ2) is 6.42. The van der Waals surface area contributed by atoms with E-state index in [0.29, 0.717) is 43.5 Å². The van der Waals surface area contributed by atoms with Gasteiger partial charge in [0.15, 0.2) is 11.6 Å². The number of hydrogen-bond donors (Lipinski definition) is 2. The van der Waals surface area contributed by atoms with Crippen molar-refractivity contribution in [1.82, 2.24) is 5.48 Å². The van der Waals surface area contributed by atoms with E-state index in [4.69, 9.17) is 5.21 Å². The molecule has 0 radical (unpaired) electrons. The fourth-order valence-corrected chi connectivity index (χ4v) is 4.18. The molecule has 2 aliphatic rings. The van der Waals surface area contributed by atoms with Crippen LogP contribution < -0.4 is 10.4 Å². The van der Waals surface area contributed by atoms with Crippen LogP contribution in [0.25, 0.3) is 0 Å². The van der Waals surface area contributed by atoms with Gasteiger partial charge in [-0.1, -0.05) is 6.07 Å². The number of rotatable bonds is 2. The lowest BCUT2D eigenvalue weighted by Gasteiger charge is -2.33. The summed E-state index contributed by atoms with van der Waals surface area (Å²) in [5, 5.41) is 8.77. The summed E-state index contributed by atoms with van der Waals surface area (Å²) in [7, 11) is 0. The van der Waals surface area contributed by atoms with Crippen molar-refractivity contribution in [3.05, 3.63) is 64.7 Å². The maximum absolute atomic E-state index is 13.6. The first-order valence-electron chi connectivity index (χ1n) is 8.77. The Bertz CT molecular complexity index is 947. The summed E-state index contributed by atoms with van der Waals surface area (Å²) < 4.78 is 26.7. The average molecular weight is 372 g/mol. The number of aryl methyl sites for hydroxylation is 1. The monoisotopic (exact) mass is 372 g/mol. The molecule has 2 aromatic rings. The van der Waals surface area contributed by atoms with E-state index < -0.39 is 23.0 Å². The van der Waals surface area contributed by atoms with Crippen LogP contribution in [-0.2, 0) is 17.6 Å². The van der Waals surface area contributed by atoms with Gasteiger partial charge < -0.3 is 4.90 Å². The van der Waals surface area contributed by atoms with Crippen LogP contribution in [0.2, 0.25) is 0 Å². The Morgan fingerprint density at radius 1 is 1.07 bits per heavy atom. The predicted octanol–water partition coefficient (Wildman–Crippen LogP) is 3.00. The van der Waals surface area contributed by atoms with Gasteiger partial charge in [-0.3, -0.25) is 14.8 Å². The van der Waals surface area contributed by atoms with Gasteiger partial charge in [-0.25, -0.2) is 14.3 Å². The second-order valence-electron chi connectivity index (χ2n) is 7.19. The maximum atomic E-state index is 13.6. The summed E-state index contributed by atoms with van der Waals surface area (Å²) >= 11 is 0. The quantitative estimate of drug-likeness (QED) is 0.629. The lowest BCUT2D eigenvalue weighted by atomic mass is 9.70. The number of anilines is 1. The van der Waals surface area contributed by atoms with Gasteiger partial charge in [-0.15, -0.1) is 0 Å². The van der Waals surface area contributed by atoms with Crippen molar-refractivity contribution >= 4 is 17.5 Å². The van der Waals surface area contributed by atoms with Gasteiger partial charge >= 0.3 is 0 Å². The topological polar surface area (TPSA) is 69.6 Å². The van der Waals surface area contributed by atoms with E-state index in [0.717, 1.165) is 23.3 Å². The van der Waals surface area contributed by atoms with Gasteiger partial charge in [0.05, 0.1) is 5.41 Å². The Balaban J connectivity index is 1.60. The zero-order chi connectivity index (χ0) is 19.2. The predicted molar refractivity (Wildman–Crippen MR) is 93.5 cm³/mol. The Hall–Kier alpha value is -2.80. The molecule has 1 heterocycles. The summed E-state index contributed by atoms with van der Waals surface area (Å²) in [6.45, 7) is 0.463. The molecule has 1 aliphatic heterocycles. The maximum Gasteiger partial charge on any atom is 0.274 e. The van der Waals surface area contributed by atoms with Crippen molar-refractivity contribution in [2.24, 2.45) is 5.41 Å². The molecule has 5 nitrogen and oxygen atoms in total. The van der Waals surface area contributed by atoms with Crippen molar-refractivity contribution in [2.75, 3.05) is 11.4 Å². The number of nitrogens with zero attached hydrogens (tertiary/aromatic N) is 1. The molecule has 7 heteroatoms. The minimum atomic E-state index is -0.968. The van der Waals surface area contributed by atoms with Crippen LogP contribution in [0.1, 0.15) is 34.3 Å². The fourth-order valence-electron chi connectivity index (χ4n) is 4.18. The molecule has 140 valence electrons. The number of carbonyl (C=O) groups is 2. The molecular formula is C20H18F2N2O3. The van der Waals surface area contributed by atoms with Crippen LogP contribution in [-0.4, -0.2) is 23.6 Å². The highest BCUT2D eigenvalue weighted by atomic mass is 19.2. The van der Waals surface area contributed by atoms with Gasteiger partial charge in [0.1, 0.15) is 0 Å². The molecule has 1 aliphatic carbocycles. The molecule has 2 N–H and O–H groups in total. The van der Waals surface area contributed by atoms with Crippen LogP contribution in [0.15, 0.2) is 36.4 Å². The van der Waals surface area contributed by atoms with Crippen molar-refractivity contribution in [1.29, 1.82) is 0 Å². The minimum Gasteiger partial charge on any atom is -0.312 e. The summed E-state index contributed by atoms with van der Waals surface area (Å²) in [6, 6.07) is 8.69. The Morgan fingerprint density at radius 3 is 2.63 bits per heavy atom. The number of nitrogens with one attached hydrogen (secondary N) is 1. The normalized spacial score (nSPS) is 21.4. The van der Waals surface area contributed by atoms with E-state index in [9.17, 15) is 18.4 Å². The van der Waals surface area contributed by atoms with Gasteiger partial charge in [0, 0.05) is 23.9 Å². The molecule has 0 saturated carbocycles. The molecule has 1 spiro atoms. The smallest absolute Gasteiger partial charge is 0.274 e. The number of halogens is 2. The van der Waals surface area contributed by atoms with Gasteiger partial charge in [-0.2, -0.15) is 0 Å². The third-order valence-corrected chi connectivity index (χ3v) is 5.70. The van der Waals surface area contributed by atoms with Gasteiger partial charge in [0.2, 0.25) is 5.91 Å². The Labute approximate surface area is 154 Å². The standard InChI is InChI=1S/C20H18F2N2O3/c21-16-4-3-15(10-17(16)22)24-8-7-20(19(24)26)6-5-12-9-13(18(25)23-27)1-2-14(12)11-20/h1-4,9-10,27H,5-8,11H2,(H,23,25)/t20-/m0/s1. The van der Waals surface area contributed by atoms with E-state index >= 15 is 0 Å². The number of fused-ring (bicyclic) bond motifs is 1. The number of amides is 2. The van der Waals surface area contributed by atoms with E-state index in [1.165, 1.54) is 11.0 Å². The largest absolute Gasteiger partial charge is 0.312 e. The van der Waals surface area contributed by atoms with Crippen LogP contribution in [0, 0.1) is 17.0 Å². The first kappa shape index (κ1) is 17.6. The van der Waals surface area contributed by atoms with Crippen molar-refractivity contribution < 1.29 is 23.6 Å². The van der Waals surface area contributed by atoms with Crippen molar-refractivity contribution in [3.63, 3.8) is 0 Å². The first-order chi connectivity index (χ1) is 12.9. The molecule has 2 amide bonds. The molecule has 1 fully saturated rings. The highest BCUT2D eigenvalue weighted by molar-refractivity contribution is 6.00. The molecule has 27 heavy (non-hydrogen) atoms. The molecule has 0 unspecified atom stereocenters. The van der Waals surface area contributed by atoms with Crippen molar-refractivity contribution in [2.45, 2.75) is 25.7 Å². The van der Waals surface area contributed by atoms with Crippen LogP contribution >= 0.6 is 0 Å². The van der Waals surface area contributed by atoms with E-state index in [2.05, 4.69) is 0 Å². The highest BCUT2D eigenvalue weighted by Gasteiger charge is 2.48. The number of hydrogen-bond acceptors (Lipinski definition) is 3. The minimum absolute atomic E-state index is 0.0728. The lowest BCUT2D eigenvalue weighted by molar-refractivity contribution is -0.126. The van der Waals surface area contributed by atoms with Gasteiger partial charge in [0.25, 0.3) is 5.91 Å². The summed E-state index contributed by atoms with van der Waals surface area (Å²) in [5.41, 5.74) is 3.79. The lowest BCUT2D eigenvalue weighted by Crippen LogP contribution is -2.38. The summed E-state index contributed by atoms with van der Waals surface area (Å²) in [6.07, 6.45) is 2.45. The summed E-state index contributed by atoms with van der Waals surface area (Å²) in [5.74, 6) is -2.55. The molecule has 0 bridgehead atoms. The third-order valence-electron chi connectivity index (χ3n) is 5.70. The zero-order valence-electron chi connectivity index (χ0n) is 14.5. The summed E-state index contributed by atoms with van der Waals surface area (Å²) in [4.78, 5) is 26.2. The third kappa shape index (κ3) is 2.88. The average Bonchev–Trinajstić information content (AvgIpc) is 2.99. The molecule has 2 aromatic carbocycles. The number of hydroxylamine groups is 1. The second-order valence-corrected chi connectivity index (χ2v) is 7.19. The zero-order valence-corrected chi connectivity index (χ0v) is 14.5. The van der Waals surface area contributed by atoms with E-state index in [1.54, 1.807) is 17.6 Å². The first-order valence-corrected chi connectivity index (χ1v) is 8.77. The van der Waals surface area contributed by atoms with Crippen LogP contribution in [0.4, 0.5) is 14.5 Å². The van der Waals surface area contributed by atoms with Gasteiger partial charge in [-0.05, 0) is 61.1 Å². The number of carbonyl (C=O) groups excluding carboxylic acids is 2. The molecule has 1 atom stereocenters. The molecule has 4 rings (SSSR count). The molecule has 0 aromatic heterocycles. The Morgan fingerprint density at radius 2 is 1.89 bits per heavy atom. The van der Waals surface area contributed by atoms with E-state index in [-0.39, 0.29) is 5.91 Å². The Kier molecular flexibility index (Phi) is 4.19. The van der Waals surface area contributed by atoms with E-state index in [1.807, 2.05) is 6.07 Å². The fraction of sp³-hybridized carbons (Fsp3) is 0.300. The van der Waals surface area contributed by atoms with Crippen LogP contribution in [0.3, 0.4) is 0 Å². The highest BCUT2D eigenvalue weighted by Crippen LogP contribution is 2.45. The number of benzene rings is 2.